The number of esters is 1. The number of aryl methyl sites for hydroxylation is 1. The Bertz CT molecular complexity index is 490. The second kappa shape index (κ2) is 3.10. The molecular formula is C9H9N3O2. The van der Waals surface area contributed by atoms with Crippen molar-refractivity contribution in [2.45, 2.75) is 6.92 Å². The van der Waals surface area contributed by atoms with E-state index in [1.165, 1.54) is 13.3 Å². The molecule has 14 heavy (non-hydrogen) atoms. The molecule has 0 spiro atoms. The summed E-state index contributed by atoms with van der Waals surface area (Å²) in [5.41, 5.74) is 1.88. The van der Waals surface area contributed by atoms with E-state index in [2.05, 4.69) is 14.8 Å². The summed E-state index contributed by atoms with van der Waals surface area (Å²) in [6, 6.07) is 0. The van der Waals surface area contributed by atoms with Gasteiger partial charge in [0.2, 0.25) is 0 Å². The van der Waals surface area contributed by atoms with E-state index in [1.54, 1.807) is 16.9 Å². The molecule has 2 rings (SSSR count). The number of carbonyl (C=O) groups is 1. The fourth-order valence-corrected chi connectivity index (χ4v) is 1.22. The highest BCUT2D eigenvalue weighted by atomic mass is 16.5. The molecule has 0 N–H and O–H groups in total. The molecule has 0 atom stereocenters. The number of aromatic nitrogens is 3. The molecule has 0 radical (unpaired) electrons. The first-order valence-electron chi connectivity index (χ1n) is 4.10. The van der Waals surface area contributed by atoms with Gasteiger partial charge in [-0.2, -0.15) is 5.10 Å². The summed E-state index contributed by atoms with van der Waals surface area (Å²) in [5, 5.41) is 4.00. The number of hydrogen-bond acceptors (Lipinski definition) is 4. The lowest BCUT2D eigenvalue weighted by Gasteiger charge is -1.96. The smallest absolute Gasteiger partial charge is 0.343 e. The highest BCUT2D eigenvalue weighted by Crippen LogP contribution is 2.09. The summed E-state index contributed by atoms with van der Waals surface area (Å²) >= 11 is 0. The minimum Gasteiger partial charge on any atom is -0.465 e. The average molecular weight is 191 g/mol. The van der Waals surface area contributed by atoms with Crippen LogP contribution in [0.3, 0.4) is 0 Å². The number of fused-ring (bicyclic) bond motifs is 1. The van der Waals surface area contributed by atoms with Crippen LogP contribution in [0.4, 0.5) is 0 Å². The van der Waals surface area contributed by atoms with E-state index >= 15 is 0 Å². The third kappa shape index (κ3) is 1.22. The van der Waals surface area contributed by atoms with Crippen molar-refractivity contribution < 1.29 is 9.53 Å². The van der Waals surface area contributed by atoms with E-state index in [-0.39, 0.29) is 0 Å². The van der Waals surface area contributed by atoms with E-state index in [1.807, 2.05) is 6.92 Å². The van der Waals surface area contributed by atoms with Crippen molar-refractivity contribution in [3.63, 3.8) is 0 Å². The van der Waals surface area contributed by atoms with Gasteiger partial charge in [-0.05, 0) is 12.5 Å². The summed E-state index contributed by atoms with van der Waals surface area (Å²) in [7, 11) is 1.33. The minimum absolute atomic E-state index is 0.382. The molecule has 2 aromatic rings. The van der Waals surface area contributed by atoms with E-state index in [4.69, 9.17) is 0 Å². The quantitative estimate of drug-likeness (QED) is 0.626. The molecule has 0 saturated carbocycles. The van der Waals surface area contributed by atoms with Crippen molar-refractivity contribution in [2.24, 2.45) is 0 Å². The van der Waals surface area contributed by atoms with Gasteiger partial charge in [0.1, 0.15) is 5.56 Å². The van der Waals surface area contributed by atoms with Gasteiger partial charge in [0.05, 0.1) is 13.3 Å². The number of rotatable bonds is 1. The van der Waals surface area contributed by atoms with Gasteiger partial charge in [-0.15, -0.1) is 0 Å². The molecule has 0 bridgehead atoms. The summed E-state index contributed by atoms with van der Waals surface area (Å²) in [5.74, 6) is -0.420. The predicted molar refractivity (Wildman–Crippen MR) is 49.1 cm³/mol. The average Bonchev–Trinajstić information content (AvgIpc) is 2.59. The van der Waals surface area contributed by atoms with Gasteiger partial charge < -0.3 is 4.74 Å². The Labute approximate surface area is 80.3 Å². The number of methoxy groups -OCH3 is 1. The number of carbonyl (C=O) groups excluding carboxylic acids is 1. The zero-order chi connectivity index (χ0) is 10.1. The maximum atomic E-state index is 11.3. The lowest BCUT2D eigenvalue weighted by atomic mass is 10.3. The highest BCUT2D eigenvalue weighted by Gasteiger charge is 2.13. The standard InChI is InChI=1S/C9H9N3O2/c1-6-3-10-8-7(9(13)14-2)4-11-12(8)5-6/h3-5H,1-2H3. The van der Waals surface area contributed by atoms with Gasteiger partial charge in [0.25, 0.3) is 0 Å². The zero-order valence-electron chi connectivity index (χ0n) is 7.89. The van der Waals surface area contributed by atoms with Gasteiger partial charge >= 0.3 is 5.97 Å². The molecule has 2 heterocycles. The van der Waals surface area contributed by atoms with Crippen molar-refractivity contribution in [3.8, 4) is 0 Å². The van der Waals surface area contributed by atoms with Crippen LogP contribution in [-0.2, 0) is 4.74 Å². The molecule has 0 fully saturated rings. The van der Waals surface area contributed by atoms with Crippen LogP contribution in [0.5, 0.6) is 0 Å². The fraction of sp³-hybridized carbons (Fsp3) is 0.222. The molecule has 0 amide bonds. The van der Waals surface area contributed by atoms with E-state index < -0.39 is 5.97 Å². The van der Waals surface area contributed by atoms with Crippen LogP contribution in [0.15, 0.2) is 18.6 Å². The van der Waals surface area contributed by atoms with Crippen LogP contribution in [0.2, 0.25) is 0 Å². The highest BCUT2D eigenvalue weighted by molar-refractivity contribution is 5.95. The van der Waals surface area contributed by atoms with Gasteiger partial charge in [-0.3, -0.25) is 0 Å². The molecule has 0 saturated heterocycles. The summed E-state index contributed by atoms with van der Waals surface area (Å²) in [4.78, 5) is 15.4. The predicted octanol–water partition coefficient (Wildman–Crippen LogP) is 0.824. The van der Waals surface area contributed by atoms with E-state index in [9.17, 15) is 4.79 Å². The third-order valence-corrected chi connectivity index (χ3v) is 1.89. The van der Waals surface area contributed by atoms with Crippen molar-refractivity contribution in [2.75, 3.05) is 7.11 Å². The Morgan fingerprint density at radius 2 is 2.29 bits per heavy atom. The van der Waals surface area contributed by atoms with Gasteiger partial charge in [0.15, 0.2) is 5.65 Å². The molecule has 0 aliphatic rings. The van der Waals surface area contributed by atoms with Crippen LogP contribution in [0, 0.1) is 6.92 Å². The van der Waals surface area contributed by atoms with Crippen molar-refractivity contribution in [1.82, 2.24) is 14.6 Å². The molecule has 72 valence electrons. The second-order valence-corrected chi connectivity index (χ2v) is 2.95. The molecule has 2 aromatic heterocycles. The van der Waals surface area contributed by atoms with E-state index in [0.29, 0.717) is 11.2 Å². The second-order valence-electron chi connectivity index (χ2n) is 2.95. The molecule has 0 aliphatic carbocycles. The number of ether oxygens (including phenoxy) is 1. The topological polar surface area (TPSA) is 56.5 Å². The Morgan fingerprint density at radius 1 is 1.50 bits per heavy atom. The molecule has 5 heteroatoms. The van der Waals surface area contributed by atoms with Gasteiger partial charge in [-0.1, -0.05) is 0 Å². The fourth-order valence-electron chi connectivity index (χ4n) is 1.22. The minimum atomic E-state index is -0.420. The Hall–Kier alpha value is -1.91. The Balaban J connectivity index is 2.64. The van der Waals surface area contributed by atoms with Crippen LogP contribution in [0.25, 0.3) is 5.65 Å². The maximum Gasteiger partial charge on any atom is 0.343 e. The summed E-state index contributed by atoms with van der Waals surface area (Å²) in [6.07, 6.45) is 4.94. The first-order chi connectivity index (χ1) is 6.72. The van der Waals surface area contributed by atoms with Crippen molar-refractivity contribution >= 4 is 11.6 Å². The molecule has 0 aromatic carbocycles. The molecule has 0 unspecified atom stereocenters. The number of hydrogen-bond donors (Lipinski definition) is 0. The van der Waals surface area contributed by atoms with E-state index in [0.717, 1.165) is 5.56 Å². The summed E-state index contributed by atoms with van der Waals surface area (Å²) < 4.78 is 6.16. The van der Waals surface area contributed by atoms with Gasteiger partial charge in [-0.25, -0.2) is 14.3 Å². The van der Waals surface area contributed by atoms with Gasteiger partial charge in [0, 0.05) is 12.4 Å². The SMILES string of the molecule is COC(=O)c1cnn2cc(C)cnc12. The molecular weight excluding hydrogens is 182 g/mol. The largest absolute Gasteiger partial charge is 0.465 e. The first kappa shape index (κ1) is 8.68. The maximum absolute atomic E-state index is 11.3. The lowest BCUT2D eigenvalue weighted by Crippen LogP contribution is -2.01. The van der Waals surface area contributed by atoms with Crippen LogP contribution < -0.4 is 0 Å². The molecule has 0 aliphatic heterocycles. The van der Waals surface area contributed by atoms with Crippen LogP contribution in [0.1, 0.15) is 15.9 Å². The molecule has 5 nitrogen and oxygen atoms in total. The Kier molecular flexibility index (Phi) is 1.92. The third-order valence-electron chi connectivity index (χ3n) is 1.89. The lowest BCUT2D eigenvalue weighted by molar-refractivity contribution is 0.0602. The zero-order valence-corrected chi connectivity index (χ0v) is 7.89. The monoisotopic (exact) mass is 191 g/mol. The normalized spacial score (nSPS) is 10.4. The van der Waals surface area contributed by atoms with Crippen molar-refractivity contribution in [1.29, 1.82) is 0 Å². The van der Waals surface area contributed by atoms with Crippen LogP contribution in [-0.4, -0.2) is 27.7 Å². The van der Waals surface area contributed by atoms with Crippen molar-refractivity contribution in [3.05, 3.63) is 29.7 Å². The Morgan fingerprint density at radius 3 is 3.00 bits per heavy atom. The first-order valence-corrected chi connectivity index (χ1v) is 4.10. The van der Waals surface area contributed by atoms with Crippen LogP contribution >= 0.6 is 0 Å². The summed E-state index contributed by atoms with van der Waals surface area (Å²) in [6.45, 7) is 1.91. The number of nitrogens with zero attached hydrogens (tertiary/aromatic N) is 3.